The molecule has 4 aromatic carbocycles. The first-order chi connectivity index (χ1) is 23.8. The van der Waals surface area contributed by atoms with Gasteiger partial charge in [0.15, 0.2) is 23.0 Å². The van der Waals surface area contributed by atoms with E-state index in [0.717, 1.165) is 50.2 Å². The molecule has 3 atom stereocenters. The lowest BCUT2D eigenvalue weighted by atomic mass is 9.78. The molecule has 1 N–H and O–H groups in total. The van der Waals surface area contributed by atoms with Crippen LogP contribution in [0.4, 0.5) is 0 Å². The molecule has 254 valence electrons. The Morgan fingerprint density at radius 1 is 0.816 bits per heavy atom. The van der Waals surface area contributed by atoms with Crippen LogP contribution >= 0.6 is 0 Å². The molecule has 0 unspecified atom stereocenters. The molecule has 4 aromatic rings. The van der Waals surface area contributed by atoms with Gasteiger partial charge in [-0.05, 0) is 55.6 Å². The molecule has 0 aliphatic carbocycles. The summed E-state index contributed by atoms with van der Waals surface area (Å²) in [4.78, 5) is 18.7. The number of nitrogens with zero attached hydrogens (tertiary/aromatic N) is 2. The van der Waals surface area contributed by atoms with Crippen LogP contribution in [0.25, 0.3) is 6.08 Å². The molecule has 9 heteroatoms. The van der Waals surface area contributed by atoms with E-state index in [1.165, 1.54) is 0 Å². The summed E-state index contributed by atoms with van der Waals surface area (Å²) in [5, 5.41) is 11.7. The first-order valence-electron chi connectivity index (χ1n) is 16.5. The number of benzene rings is 4. The summed E-state index contributed by atoms with van der Waals surface area (Å²) in [5.74, 6) is 2.19. The lowest BCUT2D eigenvalue weighted by Crippen LogP contribution is -2.60. The Morgan fingerprint density at radius 3 is 2.08 bits per heavy atom. The van der Waals surface area contributed by atoms with Gasteiger partial charge in [-0.1, -0.05) is 66.7 Å². The standard InChI is InChI=1S/C40H42N2O7/c1-23-17-27-18-30-40(44)42-29(34(41(30)3)32(27)35(43)36(23)45-4)19-28-33(31(42)22-48-20-25-13-9-7-10-14-25)39(38(47-6)24(2)37(28)46-5)49-21-26-15-11-8-12-16-26/h7-17,19,30-31,34,43H,18,20-22H2,1-6H3/t30-,31-,34-/m0/s1. The van der Waals surface area contributed by atoms with E-state index < -0.39 is 18.1 Å². The van der Waals surface area contributed by atoms with Gasteiger partial charge in [0.05, 0.1) is 52.7 Å². The normalized spacial score (nSPS) is 19.4. The van der Waals surface area contributed by atoms with Crippen LogP contribution in [0.3, 0.4) is 0 Å². The van der Waals surface area contributed by atoms with Gasteiger partial charge in [-0.3, -0.25) is 9.69 Å². The summed E-state index contributed by atoms with van der Waals surface area (Å²) in [6.07, 6.45) is 2.46. The first-order valence-corrected chi connectivity index (χ1v) is 16.5. The van der Waals surface area contributed by atoms with E-state index in [9.17, 15) is 9.90 Å². The van der Waals surface area contributed by atoms with Crippen molar-refractivity contribution in [3.8, 4) is 28.7 Å². The van der Waals surface area contributed by atoms with E-state index in [-0.39, 0.29) is 18.3 Å². The molecule has 1 saturated heterocycles. The van der Waals surface area contributed by atoms with Gasteiger partial charge in [0.1, 0.15) is 12.4 Å². The zero-order valence-electron chi connectivity index (χ0n) is 28.8. The predicted octanol–water partition coefficient (Wildman–Crippen LogP) is 6.67. The molecule has 1 fully saturated rings. The average molecular weight is 663 g/mol. The number of carbonyl (C=O) groups is 1. The Labute approximate surface area is 287 Å². The monoisotopic (exact) mass is 662 g/mol. The molecule has 3 aliphatic heterocycles. The molecule has 49 heavy (non-hydrogen) atoms. The third kappa shape index (κ3) is 5.37. The highest BCUT2D eigenvalue weighted by molar-refractivity contribution is 5.91. The van der Waals surface area contributed by atoms with Gasteiger partial charge < -0.3 is 33.7 Å². The van der Waals surface area contributed by atoms with E-state index in [1.807, 2.05) is 98.6 Å². The van der Waals surface area contributed by atoms with Crippen molar-refractivity contribution in [1.82, 2.24) is 9.80 Å². The number of fused-ring (bicyclic) bond motifs is 7. The molecule has 1 amide bonds. The fourth-order valence-corrected chi connectivity index (χ4v) is 7.85. The summed E-state index contributed by atoms with van der Waals surface area (Å²) in [6.45, 7) is 4.70. The minimum atomic E-state index is -0.588. The topological polar surface area (TPSA) is 89.9 Å². The number of aromatic hydroxyl groups is 1. The van der Waals surface area contributed by atoms with Crippen LogP contribution in [-0.2, 0) is 29.2 Å². The molecule has 0 spiro atoms. The molecule has 0 radical (unpaired) electrons. The number of rotatable bonds is 10. The fourth-order valence-electron chi connectivity index (χ4n) is 7.85. The molecule has 7 rings (SSSR count). The number of ether oxygens (including phenoxy) is 5. The third-order valence-electron chi connectivity index (χ3n) is 10.1. The van der Waals surface area contributed by atoms with Crippen molar-refractivity contribution in [2.24, 2.45) is 0 Å². The van der Waals surface area contributed by atoms with E-state index in [4.69, 9.17) is 23.7 Å². The molecular weight excluding hydrogens is 620 g/mol. The van der Waals surface area contributed by atoms with Crippen molar-refractivity contribution in [3.05, 3.63) is 117 Å². The number of hydrogen-bond donors (Lipinski definition) is 1. The zero-order chi connectivity index (χ0) is 34.4. The van der Waals surface area contributed by atoms with E-state index >= 15 is 0 Å². The lowest BCUT2D eigenvalue weighted by molar-refractivity contribution is -0.145. The van der Waals surface area contributed by atoms with Gasteiger partial charge in [-0.25, -0.2) is 0 Å². The quantitative estimate of drug-likeness (QED) is 0.202. The SMILES string of the molecule is COc1c(C)cc2c(c1O)[C@@H]1C3=Cc4c(OC)c(C)c(OC)c(OCc5ccccc5)c4[C@H](COCc4ccccc4)N3C(=O)[C@H](C2)N1C. The average Bonchev–Trinajstić information content (AvgIpc) is 3.10. The highest BCUT2D eigenvalue weighted by Crippen LogP contribution is 2.57. The summed E-state index contributed by atoms with van der Waals surface area (Å²) in [5.41, 5.74) is 7.57. The summed E-state index contributed by atoms with van der Waals surface area (Å²) in [7, 11) is 6.77. The van der Waals surface area contributed by atoms with Crippen molar-refractivity contribution in [2.45, 2.75) is 51.6 Å². The second kappa shape index (κ2) is 13.1. The number of piperazine rings is 1. The summed E-state index contributed by atoms with van der Waals surface area (Å²) >= 11 is 0. The minimum Gasteiger partial charge on any atom is -0.504 e. The number of phenolic OH excluding ortho intramolecular Hbond substituents is 1. The van der Waals surface area contributed by atoms with Crippen LogP contribution in [0.2, 0.25) is 0 Å². The molecule has 2 bridgehead atoms. The van der Waals surface area contributed by atoms with Crippen LogP contribution in [0.5, 0.6) is 28.7 Å². The van der Waals surface area contributed by atoms with Gasteiger partial charge >= 0.3 is 0 Å². The van der Waals surface area contributed by atoms with Crippen LogP contribution < -0.4 is 18.9 Å². The molecular formula is C40H42N2O7. The maximum atomic E-state index is 14.8. The Bertz CT molecular complexity index is 1930. The molecule has 9 nitrogen and oxygen atoms in total. The van der Waals surface area contributed by atoms with E-state index in [1.54, 1.807) is 21.3 Å². The Balaban J connectivity index is 1.45. The van der Waals surface area contributed by atoms with Gasteiger partial charge in [-0.15, -0.1) is 0 Å². The highest BCUT2D eigenvalue weighted by atomic mass is 16.5. The maximum absolute atomic E-state index is 14.8. The second-order valence-corrected chi connectivity index (χ2v) is 12.9. The van der Waals surface area contributed by atoms with Crippen molar-refractivity contribution in [3.63, 3.8) is 0 Å². The highest BCUT2D eigenvalue weighted by Gasteiger charge is 2.53. The third-order valence-corrected chi connectivity index (χ3v) is 10.1. The van der Waals surface area contributed by atoms with Gasteiger partial charge in [-0.2, -0.15) is 0 Å². The number of likely N-dealkylation sites (N-methyl/N-ethyl adjacent to an activating group) is 1. The van der Waals surface area contributed by atoms with Crippen molar-refractivity contribution in [2.75, 3.05) is 35.0 Å². The first kappa shape index (κ1) is 32.6. The molecule has 3 aliphatic rings. The van der Waals surface area contributed by atoms with Crippen molar-refractivity contribution in [1.29, 1.82) is 0 Å². The number of phenols is 1. The largest absolute Gasteiger partial charge is 0.504 e. The second-order valence-electron chi connectivity index (χ2n) is 12.9. The van der Waals surface area contributed by atoms with Crippen LogP contribution in [0.1, 0.15) is 56.6 Å². The smallest absolute Gasteiger partial charge is 0.245 e. The maximum Gasteiger partial charge on any atom is 0.245 e. The minimum absolute atomic E-state index is 0.0462. The van der Waals surface area contributed by atoms with Crippen LogP contribution in [-0.4, -0.2) is 61.8 Å². The number of methoxy groups -OCH3 is 3. The number of aryl methyl sites for hydroxylation is 1. The molecule has 0 saturated carbocycles. The van der Waals surface area contributed by atoms with E-state index in [0.29, 0.717) is 42.6 Å². The number of amides is 1. The Kier molecular flexibility index (Phi) is 8.73. The number of carbonyl (C=O) groups excluding carboxylic acids is 1. The van der Waals surface area contributed by atoms with Gasteiger partial charge in [0.2, 0.25) is 5.91 Å². The number of hydrogen-bond acceptors (Lipinski definition) is 8. The van der Waals surface area contributed by atoms with Crippen LogP contribution in [0, 0.1) is 13.8 Å². The predicted molar refractivity (Wildman–Crippen MR) is 186 cm³/mol. The zero-order valence-corrected chi connectivity index (χ0v) is 28.8. The summed E-state index contributed by atoms with van der Waals surface area (Å²) < 4.78 is 30.9. The Hall–Kier alpha value is -4.99. The molecule has 3 heterocycles. The van der Waals surface area contributed by atoms with Crippen molar-refractivity contribution >= 4 is 12.0 Å². The lowest BCUT2D eigenvalue weighted by Gasteiger charge is -2.53. The summed E-state index contributed by atoms with van der Waals surface area (Å²) in [6, 6.07) is 20.5. The Morgan fingerprint density at radius 2 is 1.45 bits per heavy atom. The fraction of sp³-hybridized carbons (Fsp3) is 0.325. The van der Waals surface area contributed by atoms with Crippen molar-refractivity contribution < 1.29 is 33.6 Å². The van der Waals surface area contributed by atoms with Gasteiger partial charge in [0.25, 0.3) is 0 Å². The van der Waals surface area contributed by atoms with E-state index in [2.05, 4.69) is 4.90 Å². The molecule has 0 aromatic heterocycles. The van der Waals surface area contributed by atoms with Gasteiger partial charge in [0, 0.05) is 28.0 Å². The van der Waals surface area contributed by atoms with Crippen LogP contribution in [0.15, 0.2) is 72.4 Å².